The second kappa shape index (κ2) is 8.98. The van der Waals surface area contributed by atoms with Crippen LogP contribution in [0.15, 0.2) is 47.5 Å². The molecule has 3 heterocycles. The first kappa shape index (κ1) is 21.8. The molecular formula is C24H29N5O3. The Balaban J connectivity index is 1.45. The molecule has 168 valence electrons. The zero-order valence-corrected chi connectivity index (χ0v) is 18.5. The molecule has 4 rings (SSSR count). The van der Waals surface area contributed by atoms with E-state index >= 15 is 0 Å². The molecule has 3 aromatic rings. The largest absolute Gasteiger partial charge is 0.369 e. The van der Waals surface area contributed by atoms with E-state index in [4.69, 9.17) is 5.73 Å². The Kier molecular flexibility index (Phi) is 6.12. The van der Waals surface area contributed by atoms with Gasteiger partial charge >= 0.3 is 0 Å². The lowest BCUT2D eigenvalue weighted by Crippen LogP contribution is -2.42. The molecule has 8 nitrogen and oxygen atoms in total. The van der Waals surface area contributed by atoms with Crippen LogP contribution in [0.3, 0.4) is 0 Å². The number of amides is 2. The van der Waals surface area contributed by atoms with Gasteiger partial charge < -0.3 is 15.2 Å². The molecule has 0 spiro atoms. The number of nitrogens with two attached hydrogens (primary N) is 1. The van der Waals surface area contributed by atoms with Gasteiger partial charge in [-0.25, -0.2) is 4.52 Å². The summed E-state index contributed by atoms with van der Waals surface area (Å²) in [6, 6.07) is 10.0. The van der Waals surface area contributed by atoms with Crippen LogP contribution >= 0.6 is 0 Å². The van der Waals surface area contributed by atoms with Crippen LogP contribution in [-0.4, -0.2) is 44.0 Å². The maximum Gasteiger partial charge on any atom is 0.276 e. The molecule has 2 aromatic heterocycles. The van der Waals surface area contributed by atoms with Crippen LogP contribution in [0.5, 0.6) is 0 Å². The van der Waals surface area contributed by atoms with E-state index in [0.29, 0.717) is 43.9 Å². The third-order valence-corrected chi connectivity index (χ3v) is 6.29. The summed E-state index contributed by atoms with van der Waals surface area (Å²) >= 11 is 0. The second-order valence-corrected chi connectivity index (χ2v) is 8.74. The number of carbonyl (C=O) groups excluding carboxylic acids is 2. The molecule has 1 fully saturated rings. The molecule has 1 aliphatic rings. The number of aromatic nitrogens is 3. The van der Waals surface area contributed by atoms with Crippen molar-refractivity contribution in [2.75, 3.05) is 13.1 Å². The summed E-state index contributed by atoms with van der Waals surface area (Å²) in [5.74, 6) is -0.0107. The third-order valence-electron chi connectivity index (χ3n) is 6.29. The predicted molar refractivity (Wildman–Crippen MR) is 122 cm³/mol. The molecule has 8 heteroatoms. The lowest BCUT2D eigenvalue weighted by atomic mass is 9.96. The van der Waals surface area contributed by atoms with Crippen molar-refractivity contribution in [2.45, 2.75) is 45.6 Å². The van der Waals surface area contributed by atoms with Crippen molar-refractivity contribution in [1.82, 2.24) is 19.1 Å². The fraction of sp³-hybridized carbons (Fsp3) is 0.417. The summed E-state index contributed by atoms with van der Waals surface area (Å²) in [6.45, 7) is 5.66. The van der Waals surface area contributed by atoms with E-state index in [2.05, 4.69) is 31.1 Å². The lowest BCUT2D eigenvalue weighted by Gasteiger charge is -2.30. The monoisotopic (exact) mass is 435 g/mol. The van der Waals surface area contributed by atoms with Crippen molar-refractivity contribution < 1.29 is 9.59 Å². The lowest BCUT2D eigenvalue weighted by molar-refractivity contribution is -0.135. The highest BCUT2D eigenvalue weighted by molar-refractivity contribution is 5.78. The van der Waals surface area contributed by atoms with Crippen molar-refractivity contribution in [3.8, 4) is 11.3 Å². The van der Waals surface area contributed by atoms with Crippen LogP contribution in [0.25, 0.3) is 16.8 Å². The van der Waals surface area contributed by atoms with Gasteiger partial charge in [0.15, 0.2) is 0 Å². The van der Waals surface area contributed by atoms with Gasteiger partial charge in [-0.2, -0.15) is 5.10 Å². The van der Waals surface area contributed by atoms with Gasteiger partial charge in [0.1, 0.15) is 5.52 Å². The highest BCUT2D eigenvalue weighted by atomic mass is 16.2. The maximum atomic E-state index is 12.9. The third kappa shape index (κ3) is 4.44. The minimum Gasteiger partial charge on any atom is -0.369 e. The van der Waals surface area contributed by atoms with Gasteiger partial charge in [-0.15, -0.1) is 0 Å². The van der Waals surface area contributed by atoms with Crippen LogP contribution in [-0.2, 0) is 16.1 Å². The number of hydrogen-bond donors (Lipinski definition) is 1. The van der Waals surface area contributed by atoms with Gasteiger partial charge in [0.25, 0.3) is 5.56 Å². The Hall–Kier alpha value is -3.42. The van der Waals surface area contributed by atoms with E-state index in [0.717, 1.165) is 11.3 Å². The van der Waals surface area contributed by atoms with Crippen molar-refractivity contribution >= 4 is 17.3 Å². The summed E-state index contributed by atoms with van der Waals surface area (Å²) in [6.07, 6.45) is 4.84. The molecule has 0 bridgehead atoms. The molecule has 0 unspecified atom stereocenters. The summed E-state index contributed by atoms with van der Waals surface area (Å²) < 4.78 is 3.14. The van der Waals surface area contributed by atoms with Crippen molar-refractivity contribution in [1.29, 1.82) is 0 Å². The Morgan fingerprint density at radius 2 is 1.81 bits per heavy atom. The SMILES string of the molecule is CC(C)c1ccc(-c2cc3c(=O)n(CCC(=O)N4CCC(C(N)=O)CC4)ccn3n2)cc1. The van der Waals surface area contributed by atoms with Crippen molar-refractivity contribution in [3.63, 3.8) is 0 Å². The summed E-state index contributed by atoms with van der Waals surface area (Å²) in [7, 11) is 0. The van der Waals surface area contributed by atoms with E-state index < -0.39 is 0 Å². The van der Waals surface area contributed by atoms with E-state index in [9.17, 15) is 14.4 Å². The zero-order valence-electron chi connectivity index (χ0n) is 18.5. The quantitative estimate of drug-likeness (QED) is 0.642. The molecule has 0 aliphatic carbocycles. The summed E-state index contributed by atoms with van der Waals surface area (Å²) in [5.41, 5.74) is 8.61. The first-order valence-electron chi connectivity index (χ1n) is 11.1. The number of carbonyl (C=O) groups is 2. The predicted octanol–water partition coefficient (Wildman–Crippen LogP) is 2.40. The molecule has 0 atom stereocenters. The van der Waals surface area contributed by atoms with Crippen LogP contribution < -0.4 is 11.3 Å². The molecule has 1 saturated heterocycles. The van der Waals surface area contributed by atoms with Crippen LogP contribution in [0, 0.1) is 5.92 Å². The standard InChI is InChI=1S/C24H29N5O3/c1-16(2)17-3-5-18(6-4-17)20-15-21-24(32)28(13-14-29(21)26-20)12-9-22(30)27-10-7-19(8-11-27)23(25)31/h3-6,13-16,19H,7-12H2,1-2H3,(H2,25,31). The van der Waals surface area contributed by atoms with Gasteiger partial charge in [-0.1, -0.05) is 38.1 Å². The number of aryl methyl sites for hydroxylation is 1. The number of benzene rings is 1. The second-order valence-electron chi connectivity index (χ2n) is 8.74. The average Bonchev–Trinajstić information content (AvgIpc) is 3.24. The van der Waals surface area contributed by atoms with Crippen molar-refractivity contribution in [2.24, 2.45) is 11.7 Å². The fourth-order valence-corrected chi connectivity index (χ4v) is 4.17. The number of hydrogen-bond acceptors (Lipinski definition) is 4. The Morgan fingerprint density at radius 1 is 1.12 bits per heavy atom. The smallest absolute Gasteiger partial charge is 0.276 e. The first-order valence-corrected chi connectivity index (χ1v) is 11.1. The van der Waals surface area contributed by atoms with Crippen LogP contribution in [0.2, 0.25) is 0 Å². The Morgan fingerprint density at radius 3 is 2.44 bits per heavy atom. The van der Waals surface area contributed by atoms with Gasteiger partial charge in [0.2, 0.25) is 11.8 Å². The van der Waals surface area contributed by atoms with Crippen molar-refractivity contribution in [3.05, 3.63) is 58.6 Å². The fourth-order valence-electron chi connectivity index (χ4n) is 4.17. The zero-order chi connectivity index (χ0) is 22.8. The van der Waals surface area contributed by atoms with Gasteiger partial charge in [0.05, 0.1) is 5.69 Å². The van der Waals surface area contributed by atoms with E-state index in [-0.39, 0.29) is 29.7 Å². The van der Waals surface area contributed by atoms with Gasteiger partial charge in [-0.3, -0.25) is 14.4 Å². The number of rotatable bonds is 6. The summed E-state index contributed by atoms with van der Waals surface area (Å²) in [5, 5.41) is 4.54. The van der Waals surface area contributed by atoms with Gasteiger partial charge in [0, 0.05) is 49.9 Å². The van der Waals surface area contributed by atoms with E-state index in [1.807, 2.05) is 12.1 Å². The van der Waals surface area contributed by atoms with E-state index in [1.54, 1.807) is 32.4 Å². The highest BCUT2D eigenvalue weighted by Gasteiger charge is 2.25. The number of primary amides is 1. The molecule has 32 heavy (non-hydrogen) atoms. The maximum absolute atomic E-state index is 12.9. The van der Waals surface area contributed by atoms with Crippen LogP contribution in [0.4, 0.5) is 0 Å². The molecule has 1 aliphatic heterocycles. The number of piperidine rings is 1. The number of likely N-dealkylation sites (tertiary alicyclic amines) is 1. The molecule has 0 radical (unpaired) electrons. The highest BCUT2D eigenvalue weighted by Crippen LogP contribution is 2.22. The Bertz CT molecular complexity index is 1180. The first-order chi connectivity index (χ1) is 15.3. The minimum absolute atomic E-state index is 0.0147. The molecule has 1 aromatic carbocycles. The topological polar surface area (TPSA) is 103 Å². The average molecular weight is 436 g/mol. The molecule has 2 N–H and O–H groups in total. The van der Waals surface area contributed by atoms with Gasteiger partial charge in [-0.05, 0) is 30.4 Å². The Labute approximate surface area is 186 Å². The molecular weight excluding hydrogens is 406 g/mol. The number of nitrogens with zero attached hydrogens (tertiary/aromatic N) is 4. The molecule has 2 amide bonds. The normalized spacial score (nSPS) is 14.9. The number of fused-ring (bicyclic) bond motifs is 1. The van der Waals surface area contributed by atoms with Crippen LogP contribution in [0.1, 0.15) is 44.6 Å². The summed E-state index contributed by atoms with van der Waals surface area (Å²) in [4.78, 5) is 38.6. The minimum atomic E-state index is -0.298. The van der Waals surface area contributed by atoms with E-state index in [1.165, 1.54) is 5.56 Å². The molecule has 0 saturated carbocycles.